The highest BCUT2D eigenvalue weighted by atomic mass is 32.2. The Morgan fingerprint density at radius 1 is 1.43 bits per heavy atom. The van der Waals surface area contributed by atoms with Crippen molar-refractivity contribution in [2.24, 2.45) is 5.73 Å². The van der Waals surface area contributed by atoms with Crippen LogP contribution in [-0.4, -0.2) is 26.0 Å². The summed E-state index contributed by atoms with van der Waals surface area (Å²) >= 11 is 1.82. The molecule has 0 spiro atoms. The third-order valence-electron chi connectivity index (χ3n) is 4.08. The molecule has 0 radical (unpaired) electrons. The largest absolute Gasteiger partial charge is 0.324 e. The Labute approximate surface area is 131 Å². The van der Waals surface area contributed by atoms with Crippen LogP contribution in [0.1, 0.15) is 44.2 Å². The maximum absolute atomic E-state index is 12.5. The number of benzene rings is 1. The molecule has 0 bridgehead atoms. The van der Waals surface area contributed by atoms with Gasteiger partial charge in [0.25, 0.3) is 0 Å². The molecule has 1 saturated carbocycles. The number of rotatable bonds is 6. The van der Waals surface area contributed by atoms with E-state index < -0.39 is 10.0 Å². The predicted octanol–water partition coefficient (Wildman–Crippen LogP) is 2.66. The Kier molecular flexibility index (Phi) is 5.71. The first-order valence-corrected chi connectivity index (χ1v) is 10.1. The molecule has 1 aliphatic carbocycles. The minimum absolute atomic E-state index is 0.0518. The second kappa shape index (κ2) is 7.13. The van der Waals surface area contributed by atoms with E-state index in [-0.39, 0.29) is 12.1 Å². The zero-order valence-electron chi connectivity index (χ0n) is 12.6. The lowest BCUT2D eigenvalue weighted by molar-refractivity contribution is 0.552. The molecule has 3 N–H and O–H groups in total. The van der Waals surface area contributed by atoms with E-state index in [1.807, 2.05) is 24.8 Å². The Bertz CT molecular complexity index is 575. The van der Waals surface area contributed by atoms with E-state index in [0.29, 0.717) is 10.1 Å². The average molecular weight is 329 g/mol. The molecule has 0 aliphatic heterocycles. The highest BCUT2D eigenvalue weighted by Gasteiger charge is 2.28. The first-order valence-electron chi connectivity index (χ1n) is 7.37. The summed E-state index contributed by atoms with van der Waals surface area (Å²) in [7, 11) is -3.45. The van der Waals surface area contributed by atoms with Gasteiger partial charge >= 0.3 is 0 Å². The molecule has 2 rings (SSSR count). The average Bonchev–Trinajstić information content (AvgIpc) is 2.93. The van der Waals surface area contributed by atoms with E-state index in [4.69, 9.17) is 5.73 Å². The summed E-state index contributed by atoms with van der Waals surface area (Å²) in [5, 5.41) is 0.567. The van der Waals surface area contributed by atoms with Crippen LogP contribution in [0.2, 0.25) is 0 Å². The smallest absolute Gasteiger partial charge is 0.240 e. The van der Waals surface area contributed by atoms with Crippen LogP contribution in [0.25, 0.3) is 0 Å². The third-order valence-corrected chi connectivity index (χ3v) is 6.69. The zero-order chi connectivity index (χ0) is 15.5. The minimum atomic E-state index is -3.45. The van der Waals surface area contributed by atoms with E-state index in [1.54, 1.807) is 18.2 Å². The van der Waals surface area contributed by atoms with E-state index in [0.717, 1.165) is 31.2 Å². The number of nitrogens with one attached hydrogen (secondary N) is 1. The van der Waals surface area contributed by atoms with Gasteiger partial charge in [0.15, 0.2) is 0 Å². The summed E-state index contributed by atoms with van der Waals surface area (Å²) in [4.78, 5) is 0.316. The van der Waals surface area contributed by atoms with E-state index >= 15 is 0 Å². The fourth-order valence-corrected chi connectivity index (χ4v) is 4.83. The predicted molar refractivity (Wildman–Crippen MR) is 88.9 cm³/mol. The summed E-state index contributed by atoms with van der Waals surface area (Å²) in [5.74, 6) is 0. The molecule has 3 unspecified atom stereocenters. The van der Waals surface area contributed by atoms with Crippen LogP contribution in [0.4, 0.5) is 0 Å². The van der Waals surface area contributed by atoms with Gasteiger partial charge in [0, 0.05) is 17.3 Å². The molecule has 1 aromatic rings. The number of thioether (sulfide) groups is 1. The fourth-order valence-electron chi connectivity index (χ4n) is 2.70. The van der Waals surface area contributed by atoms with Crippen LogP contribution in [0.5, 0.6) is 0 Å². The van der Waals surface area contributed by atoms with Crippen molar-refractivity contribution in [1.82, 2.24) is 4.72 Å². The molecule has 1 fully saturated rings. The molecule has 0 saturated heterocycles. The second-order valence-corrected chi connectivity index (χ2v) is 8.43. The highest BCUT2D eigenvalue weighted by Crippen LogP contribution is 2.29. The molecule has 3 atom stereocenters. The molecular weight excluding hydrogens is 304 g/mol. The van der Waals surface area contributed by atoms with Crippen LogP contribution in [0, 0.1) is 0 Å². The van der Waals surface area contributed by atoms with Gasteiger partial charge in [-0.1, -0.05) is 19.1 Å². The fraction of sp³-hybridized carbons (Fsp3) is 0.600. The molecule has 21 heavy (non-hydrogen) atoms. The van der Waals surface area contributed by atoms with Crippen molar-refractivity contribution < 1.29 is 8.42 Å². The zero-order valence-corrected chi connectivity index (χ0v) is 14.2. The minimum Gasteiger partial charge on any atom is -0.324 e. The lowest BCUT2D eigenvalue weighted by atomic mass is 10.1. The van der Waals surface area contributed by atoms with Gasteiger partial charge in [-0.2, -0.15) is 11.8 Å². The van der Waals surface area contributed by atoms with Gasteiger partial charge in [-0.15, -0.1) is 0 Å². The van der Waals surface area contributed by atoms with Gasteiger partial charge in [-0.3, -0.25) is 0 Å². The van der Waals surface area contributed by atoms with E-state index in [1.165, 1.54) is 0 Å². The summed E-state index contributed by atoms with van der Waals surface area (Å²) in [6.45, 7) is 1.99. The maximum atomic E-state index is 12.5. The van der Waals surface area contributed by atoms with Crippen molar-refractivity contribution in [3.8, 4) is 0 Å². The normalized spacial score (nSPS) is 24.1. The van der Waals surface area contributed by atoms with Gasteiger partial charge in [0.1, 0.15) is 0 Å². The van der Waals surface area contributed by atoms with Gasteiger partial charge < -0.3 is 5.73 Å². The Morgan fingerprint density at radius 3 is 2.81 bits per heavy atom. The second-order valence-electron chi connectivity index (χ2n) is 5.58. The van der Waals surface area contributed by atoms with Crippen LogP contribution in [-0.2, 0) is 10.0 Å². The quantitative estimate of drug-likeness (QED) is 0.842. The van der Waals surface area contributed by atoms with Crippen molar-refractivity contribution in [3.05, 3.63) is 29.8 Å². The van der Waals surface area contributed by atoms with Crippen molar-refractivity contribution in [2.45, 2.75) is 54.8 Å². The monoisotopic (exact) mass is 328 g/mol. The molecule has 1 aliphatic rings. The lowest BCUT2D eigenvalue weighted by Crippen LogP contribution is -2.33. The van der Waals surface area contributed by atoms with Crippen molar-refractivity contribution >= 4 is 21.8 Å². The van der Waals surface area contributed by atoms with Crippen molar-refractivity contribution in [1.29, 1.82) is 0 Å². The Balaban J connectivity index is 2.12. The van der Waals surface area contributed by atoms with Crippen LogP contribution < -0.4 is 10.5 Å². The van der Waals surface area contributed by atoms with Crippen molar-refractivity contribution in [2.75, 3.05) is 6.26 Å². The SMILES string of the molecule is CCC(N)c1cccc(S(=O)(=O)NC2CCC(SC)C2)c1. The third kappa shape index (κ3) is 4.22. The number of hydrogen-bond donors (Lipinski definition) is 2. The number of hydrogen-bond acceptors (Lipinski definition) is 4. The van der Waals surface area contributed by atoms with Crippen LogP contribution in [0.3, 0.4) is 0 Å². The summed E-state index contributed by atoms with van der Waals surface area (Å²) in [6, 6.07) is 6.90. The van der Waals surface area contributed by atoms with Crippen LogP contribution in [0.15, 0.2) is 29.2 Å². The molecule has 118 valence electrons. The molecule has 6 heteroatoms. The van der Waals surface area contributed by atoms with Gasteiger partial charge in [0.2, 0.25) is 10.0 Å². The van der Waals surface area contributed by atoms with Gasteiger partial charge in [-0.05, 0) is 49.6 Å². The lowest BCUT2D eigenvalue weighted by Gasteiger charge is -2.15. The molecular formula is C15H24N2O2S2. The summed E-state index contributed by atoms with van der Waals surface area (Å²) < 4.78 is 27.8. The summed E-state index contributed by atoms with van der Waals surface area (Å²) in [6.07, 6.45) is 5.77. The van der Waals surface area contributed by atoms with E-state index in [2.05, 4.69) is 11.0 Å². The molecule has 4 nitrogen and oxygen atoms in total. The topological polar surface area (TPSA) is 72.2 Å². The molecule has 0 heterocycles. The van der Waals surface area contributed by atoms with Gasteiger partial charge in [-0.25, -0.2) is 13.1 Å². The van der Waals surface area contributed by atoms with Crippen LogP contribution >= 0.6 is 11.8 Å². The maximum Gasteiger partial charge on any atom is 0.240 e. The first-order chi connectivity index (χ1) is 9.96. The van der Waals surface area contributed by atoms with Crippen molar-refractivity contribution in [3.63, 3.8) is 0 Å². The molecule has 0 amide bonds. The Morgan fingerprint density at radius 2 is 2.19 bits per heavy atom. The number of nitrogens with two attached hydrogens (primary N) is 1. The van der Waals surface area contributed by atoms with Gasteiger partial charge in [0.05, 0.1) is 4.90 Å². The molecule has 0 aromatic heterocycles. The van der Waals surface area contributed by atoms with E-state index in [9.17, 15) is 8.42 Å². The summed E-state index contributed by atoms with van der Waals surface area (Å²) in [5.41, 5.74) is 6.86. The number of sulfonamides is 1. The highest BCUT2D eigenvalue weighted by molar-refractivity contribution is 7.99. The standard InChI is InChI=1S/C15H24N2O2S2/c1-3-15(16)11-5-4-6-14(9-11)21(18,19)17-12-7-8-13(10-12)20-2/h4-6,9,12-13,15,17H,3,7-8,10,16H2,1-2H3. The first kappa shape index (κ1) is 16.8. The molecule has 1 aromatic carbocycles. The Hall–Kier alpha value is -0.560.